The van der Waals surface area contributed by atoms with Crippen LogP contribution in [0.25, 0.3) is 0 Å². The van der Waals surface area contributed by atoms with Crippen LogP contribution in [0.4, 0.5) is 0 Å². The summed E-state index contributed by atoms with van der Waals surface area (Å²) in [7, 11) is 2.03. The van der Waals surface area contributed by atoms with E-state index in [2.05, 4.69) is 16.5 Å². The Hall–Kier alpha value is -1.12. The summed E-state index contributed by atoms with van der Waals surface area (Å²) in [5.41, 5.74) is 1.22. The summed E-state index contributed by atoms with van der Waals surface area (Å²) in [6.45, 7) is 4.23. The van der Waals surface area contributed by atoms with E-state index in [1.165, 1.54) is 5.69 Å². The lowest BCUT2D eigenvalue weighted by Crippen LogP contribution is -2.23. The minimum Gasteiger partial charge on any atom is -0.335 e. The highest BCUT2D eigenvalue weighted by Crippen LogP contribution is 2.35. The zero-order valence-corrected chi connectivity index (χ0v) is 9.66. The third-order valence-electron chi connectivity index (χ3n) is 3.65. The molecule has 15 heavy (non-hydrogen) atoms. The number of ketones is 1. The van der Waals surface area contributed by atoms with Crippen LogP contribution in [-0.4, -0.2) is 15.3 Å². The van der Waals surface area contributed by atoms with Crippen LogP contribution in [0.5, 0.6) is 0 Å². The molecule has 0 bridgehead atoms. The second-order valence-electron chi connectivity index (χ2n) is 4.65. The number of carbonyl (C=O) groups excluding carboxylic acids is 1. The summed E-state index contributed by atoms with van der Waals surface area (Å²) in [6, 6.07) is 0. The number of imidazole rings is 1. The van der Waals surface area contributed by atoms with Gasteiger partial charge >= 0.3 is 0 Å². The summed E-state index contributed by atoms with van der Waals surface area (Å²) in [6.07, 6.45) is 4.40. The first kappa shape index (κ1) is 10.4. The third-order valence-corrected chi connectivity index (χ3v) is 3.65. The molecule has 1 aliphatic carbocycles. The van der Waals surface area contributed by atoms with Crippen LogP contribution in [0, 0.1) is 12.8 Å². The average Bonchev–Trinajstić information content (AvgIpc) is 2.52. The van der Waals surface area contributed by atoms with Gasteiger partial charge in [-0.1, -0.05) is 6.92 Å². The monoisotopic (exact) mass is 206 g/mol. The van der Waals surface area contributed by atoms with Gasteiger partial charge in [0.2, 0.25) is 0 Å². The predicted octanol–water partition coefficient (Wildman–Crippen LogP) is 2.20. The highest BCUT2D eigenvalue weighted by atomic mass is 16.1. The van der Waals surface area contributed by atoms with E-state index in [1.807, 2.05) is 20.2 Å². The lowest BCUT2D eigenvalue weighted by atomic mass is 9.78. The maximum Gasteiger partial charge on any atom is 0.133 e. The quantitative estimate of drug-likeness (QED) is 0.706. The van der Waals surface area contributed by atoms with Crippen LogP contribution in [0.15, 0.2) is 6.20 Å². The SMILES string of the molecule is Cc1ncc(C2CC(=O)CCC2C)n1C. The largest absolute Gasteiger partial charge is 0.335 e. The first-order valence-corrected chi connectivity index (χ1v) is 5.59. The number of carbonyl (C=O) groups is 1. The normalized spacial score (nSPS) is 27.0. The summed E-state index contributed by atoms with van der Waals surface area (Å²) < 4.78 is 2.11. The molecule has 0 saturated heterocycles. The van der Waals surface area contributed by atoms with Crippen LogP contribution in [0.1, 0.15) is 43.6 Å². The van der Waals surface area contributed by atoms with Crippen molar-refractivity contribution in [1.29, 1.82) is 0 Å². The molecule has 1 aromatic heterocycles. The summed E-state index contributed by atoms with van der Waals surface area (Å²) in [5, 5.41) is 0. The zero-order valence-electron chi connectivity index (χ0n) is 9.66. The van der Waals surface area contributed by atoms with Gasteiger partial charge in [0.1, 0.15) is 11.6 Å². The van der Waals surface area contributed by atoms with Gasteiger partial charge in [-0.15, -0.1) is 0 Å². The number of hydrogen-bond acceptors (Lipinski definition) is 2. The van der Waals surface area contributed by atoms with Gasteiger partial charge in [0.05, 0.1) is 0 Å². The number of nitrogens with zero attached hydrogens (tertiary/aromatic N) is 2. The van der Waals surface area contributed by atoms with Gasteiger partial charge in [-0.3, -0.25) is 4.79 Å². The third kappa shape index (κ3) is 1.83. The molecule has 3 heteroatoms. The molecule has 0 amide bonds. The first-order valence-electron chi connectivity index (χ1n) is 5.59. The molecule has 82 valence electrons. The van der Waals surface area contributed by atoms with E-state index in [1.54, 1.807) is 0 Å². The van der Waals surface area contributed by atoms with Crippen molar-refractivity contribution in [3.05, 3.63) is 17.7 Å². The molecule has 1 fully saturated rings. The molecule has 0 spiro atoms. The molecule has 3 nitrogen and oxygen atoms in total. The molecule has 0 aliphatic heterocycles. The fourth-order valence-electron chi connectivity index (χ4n) is 2.40. The Labute approximate surface area is 90.5 Å². The Bertz CT molecular complexity index is 381. The maximum atomic E-state index is 11.5. The van der Waals surface area contributed by atoms with Gasteiger partial charge in [-0.2, -0.15) is 0 Å². The Balaban J connectivity index is 2.28. The number of aryl methyl sites for hydroxylation is 1. The Morgan fingerprint density at radius 1 is 1.53 bits per heavy atom. The standard InChI is InChI=1S/C12H18N2O/c1-8-4-5-10(15)6-11(8)12-7-13-9(2)14(12)3/h7-8,11H,4-6H2,1-3H3. The van der Waals surface area contributed by atoms with Crippen LogP contribution in [-0.2, 0) is 11.8 Å². The van der Waals surface area contributed by atoms with Crippen molar-refractivity contribution in [3.8, 4) is 0 Å². The van der Waals surface area contributed by atoms with Crippen molar-refractivity contribution < 1.29 is 4.79 Å². The molecule has 1 heterocycles. The van der Waals surface area contributed by atoms with Crippen molar-refractivity contribution in [2.24, 2.45) is 13.0 Å². The molecule has 2 atom stereocenters. The van der Waals surface area contributed by atoms with E-state index in [4.69, 9.17) is 0 Å². The molecular formula is C12H18N2O. The Morgan fingerprint density at radius 3 is 2.87 bits per heavy atom. The molecule has 0 N–H and O–H groups in total. The average molecular weight is 206 g/mol. The molecule has 1 aliphatic rings. The van der Waals surface area contributed by atoms with E-state index in [-0.39, 0.29) is 0 Å². The smallest absolute Gasteiger partial charge is 0.133 e. The van der Waals surface area contributed by atoms with Crippen molar-refractivity contribution in [1.82, 2.24) is 9.55 Å². The maximum absolute atomic E-state index is 11.5. The molecular weight excluding hydrogens is 188 g/mol. The van der Waals surface area contributed by atoms with Crippen molar-refractivity contribution in [3.63, 3.8) is 0 Å². The second-order valence-corrected chi connectivity index (χ2v) is 4.65. The highest BCUT2D eigenvalue weighted by molar-refractivity contribution is 5.80. The van der Waals surface area contributed by atoms with Crippen molar-refractivity contribution in [2.75, 3.05) is 0 Å². The molecule has 2 unspecified atom stereocenters. The summed E-state index contributed by atoms with van der Waals surface area (Å²) in [4.78, 5) is 15.8. The van der Waals surface area contributed by atoms with Gasteiger partial charge in [-0.05, 0) is 19.3 Å². The van der Waals surface area contributed by atoms with Crippen LogP contribution < -0.4 is 0 Å². The van der Waals surface area contributed by atoms with Gasteiger partial charge in [0.15, 0.2) is 0 Å². The summed E-state index contributed by atoms with van der Waals surface area (Å²) >= 11 is 0. The van der Waals surface area contributed by atoms with Crippen molar-refractivity contribution in [2.45, 2.75) is 39.0 Å². The number of aromatic nitrogens is 2. The molecule has 0 aromatic carbocycles. The lowest BCUT2D eigenvalue weighted by molar-refractivity contribution is -0.121. The molecule has 1 aromatic rings. The predicted molar refractivity (Wildman–Crippen MR) is 58.7 cm³/mol. The van der Waals surface area contributed by atoms with Gasteiger partial charge < -0.3 is 4.57 Å². The Kier molecular flexibility index (Phi) is 2.63. The number of rotatable bonds is 1. The molecule has 0 radical (unpaired) electrons. The minimum atomic E-state index is 0.373. The van der Waals surface area contributed by atoms with Crippen LogP contribution in [0.3, 0.4) is 0 Å². The fraction of sp³-hybridized carbons (Fsp3) is 0.667. The van der Waals surface area contributed by atoms with E-state index in [0.717, 1.165) is 18.7 Å². The number of hydrogen-bond donors (Lipinski definition) is 0. The van der Waals surface area contributed by atoms with Gasteiger partial charge in [0, 0.05) is 37.7 Å². The van der Waals surface area contributed by atoms with Crippen molar-refractivity contribution >= 4 is 5.78 Å². The van der Waals surface area contributed by atoms with E-state index >= 15 is 0 Å². The first-order chi connectivity index (χ1) is 7.09. The van der Waals surface area contributed by atoms with Gasteiger partial charge in [0.25, 0.3) is 0 Å². The molecule has 1 saturated carbocycles. The van der Waals surface area contributed by atoms with E-state index in [0.29, 0.717) is 24.0 Å². The van der Waals surface area contributed by atoms with Gasteiger partial charge in [-0.25, -0.2) is 4.98 Å². The van der Waals surface area contributed by atoms with Crippen LogP contribution >= 0.6 is 0 Å². The highest BCUT2D eigenvalue weighted by Gasteiger charge is 2.29. The molecule has 2 rings (SSSR count). The van der Waals surface area contributed by atoms with E-state index < -0.39 is 0 Å². The second kappa shape index (κ2) is 3.80. The fourth-order valence-corrected chi connectivity index (χ4v) is 2.40. The Morgan fingerprint density at radius 2 is 2.27 bits per heavy atom. The topological polar surface area (TPSA) is 34.9 Å². The van der Waals surface area contributed by atoms with Crippen LogP contribution in [0.2, 0.25) is 0 Å². The number of Topliss-reactive ketones (excluding diaryl/α,β-unsaturated/α-hetero) is 1. The zero-order chi connectivity index (χ0) is 11.0. The lowest BCUT2D eigenvalue weighted by Gasteiger charge is -2.28. The summed E-state index contributed by atoms with van der Waals surface area (Å²) in [5.74, 6) is 2.39. The van der Waals surface area contributed by atoms with E-state index in [9.17, 15) is 4.79 Å². The minimum absolute atomic E-state index is 0.373.